The fraction of sp³-hybridized carbons (Fsp3) is 0.278. The maximum Gasteiger partial charge on any atom is 0.238 e. The maximum absolute atomic E-state index is 12.0. The molecule has 5 nitrogen and oxygen atoms in total. The number of phenols is 1. The molecule has 2 rings (SSSR count). The molecule has 0 aliphatic carbocycles. The van der Waals surface area contributed by atoms with Gasteiger partial charge in [-0.15, -0.1) is 0 Å². The highest BCUT2D eigenvalue weighted by Crippen LogP contribution is 2.15. The smallest absolute Gasteiger partial charge is 0.238 e. The number of anilines is 1. The van der Waals surface area contributed by atoms with Crippen molar-refractivity contribution < 1.29 is 14.6 Å². The highest BCUT2D eigenvalue weighted by Gasteiger charge is 2.08. The summed E-state index contributed by atoms with van der Waals surface area (Å²) < 4.78 is 5.41. The van der Waals surface area contributed by atoms with Crippen molar-refractivity contribution in [1.29, 1.82) is 0 Å². The van der Waals surface area contributed by atoms with Gasteiger partial charge in [-0.25, -0.2) is 0 Å². The van der Waals surface area contributed by atoms with Crippen LogP contribution in [0.2, 0.25) is 0 Å². The molecular formula is C18H22N2O3. The van der Waals surface area contributed by atoms with Gasteiger partial charge in [-0.1, -0.05) is 12.1 Å². The Bertz CT molecular complexity index is 624. The van der Waals surface area contributed by atoms with Gasteiger partial charge in [-0.2, -0.15) is 0 Å². The normalized spacial score (nSPS) is 10.6. The predicted octanol–water partition coefficient (Wildman–Crippen LogP) is 2.86. The highest BCUT2D eigenvalue weighted by molar-refractivity contribution is 5.92. The van der Waals surface area contributed by atoms with Crippen molar-refractivity contribution in [1.82, 2.24) is 4.90 Å². The van der Waals surface area contributed by atoms with E-state index in [1.54, 1.807) is 24.3 Å². The second-order valence-corrected chi connectivity index (χ2v) is 5.34. The van der Waals surface area contributed by atoms with E-state index in [9.17, 15) is 9.90 Å². The number of rotatable bonds is 7. The third kappa shape index (κ3) is 5.64. The molecule has 122 valence electrons. The quantitative estimate of drug-likeness (QED) is 0.772. The minimum atomic E-state index is -0.0934. The third-order valence-corrected chi connectivity index (χ3v) is 3.25. The molecule has 0 fully saturated rings. The van der Waals surface area contributed by atoms with Crippen molar-refractivity contribution in [2.75, 3.05) is 25.5 Å². The van der Waals surface area contributed by atoms with Crippen LogP contribution in [0.5, 0.6) is 11.5 Å². The van der Waals surface area contributed by atoms with Crippen LogP contribution < -0.4 is 10.1 Å². The minimum absolute atomic E-state index is 0.0934. The van der Waals surface area contributed by atoms with Crippen molar-refractivity contribution in [3.8, 4) is 11.5 Å². The maximum atomic E-state index is 12.0. The topological polar surface area (TPSA) is 61.8 Å². The van der Waals surface area contributed by atoms with Crippen LogP contribution in [0.25, 0.3) is 0 Å². The zero-order valence-corrected chi connectivity index (χ0v) is 13.5. The Morgan fingerprint density at radius 1 is 1.13 bits per heavy atom. The SMILES string of the molecule is CCOc1ccc(CN(C)CC(=O)Nc2ccc(O)cc2)cc1. The average Bonchev–Trinajstić information content (AvgIpc) is 2.51. The second-order valence-electron chi connectivity index (χ2n) is 5.34. The van der Waals surface area contributed by atoms with Gasteiger partial charge in [0.25, 0.3) is 0 Å². The first-order chi connectivity index (χ1) is 11.1. The molecule has 0 unspecified atom stereocenters. The van der Waals surface area contributed by atoms with Crippen LogP contribution in [0.4, 0.5) is 5.69 Å². The summed E-state index contributed by atoms with van der Waals surface area (Å²) in [6.45, 7) is 3.56. The van der Waals surface area contributed by atoms with Gasteiger partial charge in [0, 0.05) is 12.2 Å². The molecule has 5 heteroatoms. The van der Waals surface area contributed by atoms with Gasteiger partial charge in [-0.05, 0) is 55.9 Å². The summed E-state index contributed by atoms with van der Waals surface area (Å²) in [4.78, 5) is 13.9. The number of ether oxygens (including phenoxy) is 1. The molecule has 23 heavy (non-hydrogen) atoms. The molecule has 2 aromatic rings. The molecule has 0 aliphatic rings. The van der Waals surface area contributed by atoms with E-state index in [2.05, 4.69) is 5.32 Å². The first kappa shape index (κ1) is 16.8. The van der Waals surface area contributed by atoms with Gasteiger partial charge in [0.05, 0.1) is 13.2 Å². The Kier molecular flexibility index (Phi) is 6.00. The molecule has 0 bridgehead atoms. The number of nitrogens with one attached hydrogen (secondary N) is 1. The summed E-state index contributed by atoms with van der Waals surface area (Å²) in [6, 6.07) is 14.3. The Labute approximate surface area is 136 Å². The molecule has 0 aromatic heterocycles. The van der Waals surface area contributed by atoms with Crippen LogP contribution in [-0.2, 0) is 11.3 Å². The molecule has 0 atom stereocenters. The summed E-state index contributed by atoms with van der Waals surface area (Å²) in [5, 5.41) is 12.0. The largest absolute Gasteiger partial charge is 0.508 e. The molecular weight excluding hydrogens is 292 g/mol. The van der Waals surface area contributed by atoms with E-state index < -0.39 is 0 Å². The van der Waals surface area contributed by atoms with E-state index >= 15 is 0 Å². The summed E-state index contributed by atoms with van der Waals surface area (Å²) in [5.74, 6) is 0.934. The standard InChI is InChI=1S/C18H22N2O3/c1-3-23-17-10-4-14(5-11-17)12-20(2)13-18(22)19-15-6-8-16(21)9-7-15/h4-11,21H,3,12-13H2,1-2H3,(H,19,22). The van der Waals surface area contributed by atoms with Gasteiger partial charge in [-0.3, -0.25) is 9.69 Å². The first-order valence-electron chi connectivity index (χ1n) is 7.56. The van der Waals surface area contributed by atoms with Crippen molar-refractivity contribution in [2.45, 2.75) is 13.5 Å². The van der Waals surface area contributed by atoms with Gasteiger partial charge in [0.1, 0.15) is 11.5 Å². The molecule has 0 aliphatic heterocycles. The fourth-order valence-corrected chi connectivity index (χ4v) is 2.22. The number of likely N-dealkylation sites (N-methyl/N-ethyl adjacent to an activating group) is 1. The van der Waals surface area contributed by atoms with Crippen LogP contribution in [0.15, 0.2) is 48.5 Å². The lowest BCUT2D eigenvalue weighted by Gasteiger charge is -2.16. The van der Waals surface area contributed by atoms with Crippen LogP contribution in [-0.4, -0.2) is 36.1 Å². The van der Waals surface area contributed by atoms with Crippen LogP contribution in [0, 0.1) is 0 Å². The highest BCUT2D eigenvalue weighted by atomic mass is 16.5. The summed E-state index contributed by atoms with van der Waals surface area (Å²) in [5.41, 5.74) is 1.79. The lowest BCUT2D eigenvalue weighted by molar-refractivity contribution is -0.117. The lowest BCUT2D eigenvalue weighted by Crippen LogP contribution is -2.29. The average molecular weight is 314 g/mol. The molecule has 0 spiro atoms. The van der Waals surface area contributed by atoms with E-state index in [1.165, 1.54) is 0 Å². The third-order valence-electron chi connectivity index (χ3n) is 3.25. The number of carbonyl (C=O) groups is 1. The Morgan fingerprint density at radius 3 is 2.39 bits per heavy atom. The number of amides is 1. The van der Waals surface area contributed by atoms with Gasteiger partial charge >= 0.3 is 0 Å². The molecule has 0 radical (unpaired) electrons. The van der Waals surface area contributed by atoms with Crippen LogP contribution in [0.3, 0.4) is 0 Å². The molecule has 2 N–H and O–H groups in total. The van der Waals surface area contributed by atoms with E-state index in [-0.39, 0.29) is 18.2 Å². The van der Waals surface area contributed by atoms with E-state index in [4.69, 9.17) is 4.74 Å². The van der Waals surface area contributed by atoms with E-state index in [0.717, 1.165) is 11.3 Å². The van der Waals surface area contributed by atoms with Crippen LogP contribution in [0.1, 0.15) is 12.5 Å². The number of hydrogen-bond acceptors (Lipinski definition) is 4. The number of hydrogen-bond donors (Lipinski definition) is 2. The van der Waals surface area contributed by atoms with Crippen molar-refractivity contribution in [2.24, 2.45) is 0 Å². The Morgan fingerprint density at radius 2 is 1.78 bits per heavy atom. The van der Waals surface area contributed by atoms with E-state index in [0.29, 0.717) is 18.8 Å². The Hall–Kier alpha value is -2.53. The van der Waals surface area contributed by atoms with Gasteiger partial charge < -0.3 is 15.2 Å². The molecule has 1 amide bonds. The van der Waals surface area contributed by atoms with Crippen molar-refractivity contribution >= 4 is 11.6 Å². The Balaban J connectivity index is 1.82. The van der Waals surface area contributed by atoms with Gasteiger partial charge in [0.15, 0.2) is 0 Å². The molecule has 0 heterocycles. The van der Waals surface area contributed by atoms with Gasteiger partial charge in [0.2, 0.25) is 5.91 Å². The number of carbonyl (C=O) groups excluding carboxylic acids is 1. The second kappa shape index (κ2) is 8.19. The molecule has 2 aromatic carbocycles. The van der Waals surface area contributed by atoms with Crippen molar-refractivity contribution in [3.63, 3.8) is 0 Å². The zero-order chi connectivity index (χ0) is 16.7. The number of phenolic OH excluding ortho intramolecular Hbond substituents is 1. The summed E-state index contributed by atoms with van der Waals surface area (Å²) in [6.07, 6.45) is 0. The van der Waals surface area contributed by atoms with Crippen LogP contribution >= 0.6 is 0 Å². The molecule has 0 saturated carbocycles. The number of benzene rings is 2. The monoisotopic (exact) mass is 314 g/mol. The number of nitrogens with zero attached hydrogens (tertiary/aromatic N) is 1. The zero-order valence-electron chi connectivity index (χ0n) is 13.5. The summed E-state index contributed by atoms with van der Waals surface area (Å²) in [7, 11) is 1.90. The lowest BCUT2D eigenvalue weighted by atomic mass is 10.2. The first-order valence-corrected chi connectivity index (χ1v) is 7.56. The van der Waals surface area contributed by atoms with E-state index in [1.807, 2.05) is 43.1 Å². The minimum Gasteiger partial charge on any atom is -0.508 e. The summed E-state index contributed by atoms with van der Waals surface area (Å²) >= 11 is 0. The number of aromatic hydroxyl groups is 1. The van der Waals surface area contributed by atoms with Crippen molar-refractivity contribution in [3.05, 3.63) is 54.1 Å². The predicted molar refractivity (Wildman–Crippen MR) is 90.7 cm³/mol. The molecule has 0 saturated heterocycles. The fourth-order valence-electron chi connectivity index (χ4n) is 2.22.